The minimum absolute atomic E-state index is 0.0779. The molecule has 0 aliphatic heterocycles. The summed E-state index contributed by atoms with van der Waals surface area (Å²) in [7, 11) is 0. The fourth-order valence-electron chi connectivity index (χ4n) is 1.92. The molecule has 1 aromatic carbocycles. The van der Waals surface area contributed by atoms with E-state index in [2.05, 4.69) is 15.7 Å². The largest absolute Gasteiger partial charge is 0.461 e. The number of nitrogens with zero attached hydrogens (tertiary/aromatic N) is 2. The number of urea groups is 1. The van der Waals surface area contributed by atoms with E-state index in [0.29, 0.717) is 12.1 Å². The van der Waals surface area contributed by atoms with Crippen LogP contribution in [0.25, 0.3) is 0 Å². The molecule has 3 amide bonds. The summed E-state index contributed by atoms with van der Waals surface area (Å²) >= 11 is 1.05. The summed E-state index contributed by atoms with van der Waals surface area (Å²) < 4.78 is 4.90. The molecule has 0 radical (unpaired) electrons. The third-order valence-corrected chi connectivity index (χ3v) is 3.97. The van der Waals surface area contributed by atoms with Crippen LogP contribution in [0.5, 0.6) is 0 Å². The number of amides is 3. The van der Waals surface area contributed by atoms with E-state index in [0.717, 1.165) is 22.8 Å². The third-order valence-electron chi connectivity index (χ3n) is 3.15. The molecule has 0 fully saturated rings. The maximum absolute atomic E-state index is 12.4. The Labute approximate surface area is 155 Å². The van der Waals surface area contributed by atoms with Gasteiger partial charge in [-0.05, 0) is 25.5 Å². The number of nitrogens with one attached hydrogen (secondary N) is 2. The maximum atomic E-state index is 12.4. The number of aromatic nitrogens is 1. The Bertz CT molecular complexity index is 763. The molecule has 2 N–H and O–H groups in total. The number of benzene rings is 1. The second-order valence-corrected chi connectivity index (χ2v) is 5.95. The molecule has 0 atom stereocenters. The van der Waals surface area contributed by atoms with Crippen LogP contribution in [-0.4, -0.2) is 36.0 Å². The highest BCUT2D eigenvalue weighted by molar-refractivity contribution is 7.14. The van der Waals surface area contributed by atoms with Crippen molar-refractivity contribution in [3.8, 4) is 0 Å². The fraction of sp³-hybridized carbons (Fsp3) is 0.294. The maximum Gasteiger partial charge on any atom is 0.357 e. The molecule has 0 bridgehead atoms. The van der Waals surface area contributed by atoms with Crippen molar-refractivity contribution in [2.45, 2.75) is 20.3 Å². The molecule has 138 valence electrons. The van der Waals surface area contributed by atoms with Gasteiger partial charge >= 0.3 is 12.0 Å². The lowest BCUT2D eigenvalue weighted by Crippen LogP contribution is -2.51. The van der Waals surface area contributed by atoms with Crippen molar-refractivity contribution in [1.29, 1.82) is 0 Å². The van der Waals surface area contributed by atoms with Crippen molar-refractivity contribution >= 4 is 34.4 Å². The average molecular weight is 376 g/mol. The van der Waals surface area contributed by atoms with Crippen molar-refractivity contribution in [2.75, 3.05) is 18.2 Å². The topological polar surface area (TPSA) is 101 Å². The number of esters is 1. The SMILES string of the molecule is CCCNC(=O)N(NC(=O)c1ccccc1)c1nc(C(=O)OCC)cs1. The normalized spacial score (nSPS) is 10.1. The summed E-state index contributed by atoms with van der Waals surface area (Å²) in [5.41, 5.74) is 2.99. The van der Waals surface area contributed by atoms with E-state index >= 15 is 0 Å². The number of carbonyl (C=O) groups excluding carboxylic acids is 3. The summed E-state index contributed by atoms with van der Waals surface area (Å²) in [4.78, 5) is 40.7. The first-order valence-electron chi connectivity index (χ1n) is 8.13. The van der Waals surface area contributed by atoms with Crippen LogP contribution >= 0.6 is 11.3 Å². The van der Waals surface area contributed by atoms with Gasteiger partial charge in [0, 0.05) is 17.5 Å². The van der Waals surface area contributed by atoms with Crippen LogP contribution in [0, 0.1) is 0 Å². The number of anilines is 1. The van der Waals surface area contributed by atoms with E-state index < -0.39 is 17.9 Å². The van der Waals surface area contributed by atoms with E-state index in [-0.39, 0.29) is 17.4 Å². The van der Waals surface area contributed by atoms with E-state index in [4.69, 9.17) is 4.74 Å². The van der Waals surface area contributed by atoms with Gasteiger partial charge in [0.15, 0.2) is 5.69 Å². The summed E-state index contributed by atoms with van der Waals surface area (Å²) in [6, 6.07) is 7.94. The number of hydrogen-bond acceptors (Lipinski definition) is 6. The Balaban J connectivity index is 2.22. The third kappa shape index (κ3) is 5.03. The predicted octanol–water partition coefficient (Wildman–Crippen LogP) is 2.59. The Hall–Kier alpha value is -2.94. The summed E-state index contributed by atoms with van der Waals surface area (Å²) in [5, 5.41) is 5.31. The molecule has 1 heterocycles. The van der Waals surface area contributed by atoms with E-state index in [1.807, 2.05) is 6.92 Å². The minimum atomic E-state index is -0.585. The fourth-order valence-corrected chi connectivity index (χ4v) is 2.67. The number of hydrogen-bond donors (Lipinski definition) is 2. The van der Waals surface area contributed by atoms with Gasteiger partial charge in [-0.3, -0.25) is 10.2 Å². The number of ether oxygens (including phenoxy) is 1. The standard InChI is InChI=1S/C17H20N4O4S/c1-3-10-18-16(24)21(20-14(22)12-8-6-5-7-9-12)17-19-13(11-26-17)15(23)25-4-2/h5-9,11H,3-4,10H2,1-2H3,(H,18,24)(H,20,22). The second-order valence-electron chi connectivity index (χ2n) is 5.11. The molecule has 26 heavy (non-hydrogen) atoms. The second kappa shape index (κ2) is 9.52. The van der Waals surface area contributed by atoms with Crippen LogP contribution < -0.4 is 15.8 Å². The molecule has 0 aliphatic carbocycles. The van der Waals surface area contributed by atoms with Gasteiger partial charge in [-0.25, -0.2) is 14.6 Å². The quantitative estimate of drug-likeness (QED) is 0.596. The molecule has 2 aromatic rings. The van der Waals surface area contributed by atoms with Crippen molar-refractivity contribution in [3.63, 3.8) is 0 Å². The van der Waals surface area contributed by atoms with Gasteiger partial charge in [-0.1, -0.05) is 25.1 Å². The van der Waals surface area contributed by atoms with E-state index in [1.54, 1.807) is 37.3 Å². The van der Waals surface area contributed by atoms with Gasteiger partial charge in [0.05, 0.1) is 6.61 Å². The molecule has 0 saturated carbocycles. The van der Waals surface area contributed by atoms with E-state index in [1.165, 1.54) is 5.38 Å². The molecule has 0 unspecified atom stereocenters. The van der Waals surface area contributed by atoms with Crippen LogP contribution in [0.1, 0.15) is 41.1 Å². The van der Waals surface area contributed by atoms with Crippen molar-refractivity contribution in [2.24, 2.45) is 0 Å². The molecule has 2 rings (SSSR count). The Kier molecular flexibility index (Phi) is 7.10. The first-order chi connectivity index (χ1) is 12.6. The zero-order valence-electron chi connectivity index (χ0n) is 14.5. The summed E-state index contributed by atoms with van der Waals surface area (Å²) in [6.45, 7) is 4.26. The zero-order chi connectivity index (χ0) is 18.9. The average Bonchev–Trinajstić information content (AvgIpc) is 3.14. The molecular formula is C17H20N4O4S. The summed E-state index contributed by atoms with van der Waals surface area (Å²) in [6.07, 6.45) is 0.734. The summed E-state index contributed by atoms with van der Waals surface area (Å²) in [5.74, 6) is -1.05. The first-order valence-corrected chi connectivity index (χ1v) is 9.01. The lowest BCUT2D eigenvalue weighted by atomic mass is 10.2. The molecular weight excluding hydrogens is 356 g/mol. The molecule has 0 aliphatic rings. The highest BCUT2D eigenvalue weighted by Crippen LogP contribution is 2.20. The Morgan fingerprint density at radius 1 is 1.19 bits per heavy atom. The lowest BCUT2D eigenvalue weighted by molar-refractivity contribution is 0.0520. The number of carbonyl (C=O) groups is 3. The molecule has 9 heteroatoms. The number of hydrazine groups is 1. The highest BCUT2D eigenvalue weighted by Gasteiger charge is 2.23. The van der Waals surface area contributed by atoms with Crippen LogP contribution in [0.2, 0.25) is 0 Å². The van der Waals surface area contributed by atoms with Crippen LogP contribution in [0.3, 0.4) is 0 Å². The van der Waals surface area contributed by atoms with Crippen molar-refractivity contribution < 1.29 is 19.1 Å². The van der Waals surface area contributed by atoms with Gasteiger partial charge < -0.3 is 10.1 Å². The number of rotatable bonds is 6. The Morgan fingerprint density at radius 2 is 1.92 bits per heavy atom. The lowest BCUT2D eigenvalue weighted by Gasteiger charge is -2.20. The van der Waals surface area contributed by atoms with Gasteiger partial charge in [0.25, 0.3) is 5.91 Å². The molecule has 0 saturated heterocycles. The molecule has 1 aromatic heterocycles. The van der Waals surface area contributed by atoms with Crippen molar-refractivity contribution in [1.82, 2.24) is 15.7 Å². The van der Waals surface area contributed by atoms with Gasteiger partial charge in [-0.15, -0.1) is 11.3 Å². The minimum Gasteiger partial charge on any atom is -0.461 e. The molecule has 0 spiro atoms. The van der Waals surface area contributed by atoms with Crippen LogP contribution in [0.15, 0.2) is 35.7 Å². The Morgan fingerprint density at radius 3 is 2.58 bits per heavy atom. The van der Waals surface area contributed by atoms with E-state index in [9.17, 15) is 14.4 Å². The highest BCUT2D eigenvalue weighted by atomic mass is 32.1. The van der Waals surface area contributed by atoms with Crippen LogP contribution in [-0.2, 0) is 4.74 Å². The predicted molar refractivity (Wildman–Crippen MR) is 98.1 cm³/mol. The van der Waals surface area contributed by atoms with Crippen molar-refractivity contribution in [3.05, 3.63) is 47.0 Å². The number of thiazole rings is 1. The monoisotopic (exact) mass is 376 g/mol. The smallest absolute Gasteiger partial charge is 0.357 e. The zero-order valence-corrected chi connectivity index (χ0v) is 15.3. The van der Waals surface area contributed by atoms with Gasteiger partial charge in [0.1, 0.15) is 0 Å². The first kappa shape index (κ1) is 19.4. The van der Waals surface area contributed by atoms with Gasteiger partial charge in [-0.2, -0.15) is 5.01 Å². The van der Waals surface area contributed by atoms with Gasteiger partial charge in [0.2, 0.25) is 5.13 Å². The molecule has 8 nitrogen and oxygen atoms in total. The van der Waals surface area contributed by atoms with Crippen LogP contribution in [0.4, 0.5) is 9.93 Å².